The summed E-state index contributed by atoms with van der Waals surface area (Å²) in [5, 5.41) is 10.7. The molecule has 7 nitrogen and oxygen atoms in total. The molecule has 1 heterocycles. The van der Waals surface area contributed by atoms with Gasteiger partial charge < -0.3 is 0 Å². The molecule has 3 rings (SSSR count). The van der Waals surface area contributed by atoms with Gasteiger partial charge >= 0.3 is 152 Å². The van der Waals surface area contributed by atoms with Crippen molar-refractivity contribution in [3.63, 3.8) is 0 Å². The third-order valence-electron chi connectivity index (χ3n) is 3.77. The first-order chi connectivity index (χ1) is 11.9. The molecule has 2 aromatic rings. The standard InChI is InChI=1S/C17H12N2O5.Ru/c1-10-4-3-5-14-15(10)24-11(2)16(20)18(14)17(21)12-6-8-13(9-7-12)19(22)23;/h1,3-9,11H,2H3;/q;+1. The van der Waals surface area contributed by atoms with Crippen LogP contribution in [0.4, 0.5) is 11.4 Å². The van der Waals surface area contributed by atoms with E-state index in [2.05, 4.69) is 17.9 Å². The van der Waals surface area contributed by atoms with Crippen molar-refractivity contribution in [1.82, 2.24) is 0 Å². The molecule has 0 fully saturated rings. The Morgan fingerprint density at radius 2 is 1.96 bits per heavy atom. The molecule has 1 aliphatic heterocycles. The van der Waals surface area contributed by atoms with E-state index in [0.29, 0.717) is 11.4 Å². The molecule has 1 aliphatic rings. The van der Waals surface area contributed by atoms with Gasteiger partial charge in [0.15, 0.2) is 0 Å². The van der Waals surface area contributed by atoms with Crippen molar-refractivity contribution in [2.75, 3.05) is 4.90 Å². The van der Waals surface area contributed by atoms with E-state index in [1.807, 2.05) is 6.07 Å². The van der Waals surface area contributed by atoms with Gasteiger partial charge in [-0.2, -0.15) is 0 Å². The number of rotatable bonds is 3. The topological polar surface area (TPSA) is 89.8 Å². The van der Waals surface area contributed by atoms with Crippen molar-refractivity contribution in [1.29, 1.82) is 0 Å². The van der Waals surface area contributed by atoms with Crippen LogP contribution in [0.5, 0.6) is 5.75 Å². The maximum atomic E-state index is 12.9. The van der Waals surface area contributed by atoms with E-state index in [-0.39, 0.29) is 11.3 Å². The fourth-order valence-corrected chi connectivity index (χ4v) is 2.91. The number of nitrogens with zero attached hydrogens (tertiary/aromatic N) is 2. The normalized spacial score (nSPS) is 16.0. The minimum atomic E-state index is -0.817. The molecule has 25 heavy (non-hydrogen) atoms. The second kappa shape index (κ2) is 6.65. The van der Waals surface area contributed by atoms with Gasteiger partial charge in [0.05, 0.1) is 0 Å². The van der Waals surface area contributed by atoms with E-state index in [9.17, 15) is 19.7 Å². The zero-order chi connectivity index (χ0) is 18.1. The number of nitro benzene ring substituents is 1. The monoisotopic (exact) mass is 426 g/mol. The van der Waals surface area contributed by atoms with Gasteiger partial charge in [0, 0.05) is 0 Å². The van der Waals surface area contributed by atoms with E-state index in [1.54, 1.807) is 23.7 Å². The quantitative estimate of drug-likeness (QED) is 0.326. The van der Waals surface area contributed by atoms with Crippen molar-refractivity contribution in [3.8, 4) is 5.75 Å². The fourth-order valence-electron chi connectivity index (χ4n) is 2.52. The van der Waals surface area contributed by atoms with Crippen molar-refractivity contribution in [2.45, 2.75) is 13.0 Å². The maximum absolute atomic E-state index is 12.9. The van der Waals surface area contributed by atoms with Gasteiger partial charge in [-0.15, -0.1) is 0 Å². The van der Waals surface area contributed by atoms with E-state index in [4.69, 9.17) is 4.74 Å². The van der Waals surface area contributed by atoms with Gasteiger partial charge in [0.2, 0.25) is 0 Å². The van der Waals surface area contributed by atoms with Crippen molar-refractivity contribution < 1.29 is 37.1 Å². The number of anilines is 1. The summed E-state index contributed by atoms with van der Waals surface area (Å²) in [7, 11) is 0. The molecule has 0 N–H and O–H groups in total. The number of hydrogen-bond acceptors (Lipinski definition) is 5. The number of nitro groups is 1. The summed E-state index contributed by atoms with van der Waals surface area (Å²) in [6.45, 7) is 1.57. The first-order valence-electron chi connectivity index (χ1n) is 7.28. The van der Waals surface area contributed by atoms with Crippen LogP contribution >= 0.6 is 0 Å². The molecule has 1 unspecified atom stereocenters. The molecule has 0 radical (unpaired) electrons. The van der Waals surface area contributed by atoms with Gasteiger partial charge in [-0.05, 0) is 0 Å². The van der Waals surface area contributed by atoms with Crippen molar-refractivity contribution >= 4 is 27.8 Å². The average molecular weight is 425 g/mol. The Balaban J connectivity index is 2.06. The molecule has 0 aromatic heterocycles. The summed E-state index contributed by atoms with van der Waals surface area (Å²) < 4.78 is 7.42. The molecular formula is C17H12N2O5Ru+. The molecule has 127 valence electrons. The summed E-state index contributed by atoms with van der Waals surface area (Å²) in [4.78, 5) is 36.7. The van der Waals surface area contributed by atoms with Crippen LogP contribution in [0.2, 0.25) is 0 Å². The van der Waals surface area contributed by atoms with Crippen LogP contribution in [0.3, 0.4) is 0 Å². The van der Waals surface area contributed by atoms with Gasteiger partial charge in [0.1, 0.15) is 0 Å². The average Bonchev–Trinajstić information content (AvgIpc) is 2.62. The molecule has 8 heteroatoms. The number of carbonyl (C=O) groups is 2. The first-order valence-corrected chi connectivity index (χ1v) is 8.29. The van der Waals surface area contributed by atoms with Crippen LogP contribution in [0.15, 0.2) is 42.5 Å². The van der Waals surface area contributed by atoms with E-state index in [0.717, 1.165) is 10.5 Å². The number of fused-ring (bicyclic) bond motifs is 1. The Labute approximate surface area is 152 Å². The Hall–Kier alpha value is -2.73. The number of non-ortho nitro benzene ring substituents is 1. The SMILES string of the molecule is CC1Oc2c([CH]=[Ru+])cccc2N(C(=O)c2ccc([N+](=O)[O-])cc2)C1=O. The molecule has 2 amide bonds. The van der Waals surface area contributed by atoms with Crippen LogP contribution < -0.4 is 9.64 Å². The summed E-state index contributed by atoms with van der Waals surface area (Å²) in [5.41, 5.74) is 1.15. The molecule has 1 atom stereocenters. The van der Waals surface area contributed by atoms with Crippen LogP contribution in [0, 0.1) is 10.1 Å². The van der Waals surface area contributed by atoms with Crippen LogP contribution in [0.25, 0.3) is 0 Å². The van der Waals surface area contributed by atoms with Crippen molar-refractivity contribution in [3.05, 3.63) is 63.7 Å². The van der Waals surface area contributed by atoms with Crippen LogP contribution in [-0.4, -0.2) is 27.5 Å². The number of para-hydroxylation sites is 1. The second-order valence-corrected chi connectivity index (χ2v) is 5.84. The number of amides is 2. The third kappa shape index (κ3) is 3.01. The number of hydrogen-bond donors (Lipinski definition) is 0. The third-order valence-corrected chi connectivity index (χ3v) is 4.31. The van der Waals surface area contributed by atoms with E-state index in [1.165, 1.54) is 24.3 Å². The van der Waals surface area contributed by atoms with E-state index < -0.39 is 22.8 Å². The second-order valence-electron chi connectivity index (χ2n) is 5.34. The first kappa shape index (κ1) is 17.1. The molecule has 0 spiro atoms. The molecule has 0 saturated carbocycles. The number of carbonyl (C=O) groups excluding carboxylic acids is 2. The van der Waals surface area contributed by atoms with Crippen LogP contribution in [-0.2, 0) is 22.6 Å². The fraction of sp³-hybridized carbons (Fsp3) is 0.118. The van der Waals surface area contributed by atoms with Gasteiger partial charge in [-0.3, -0.25) is 0 Å². The number of ether oxygens (including phenoxy) is 1. The molecule has 2 aromatic carbocycles. The minimum absolute atomic E-state index is 0.126. The molecule has 0 bridgehead atoms. The zero-order valence-corrected chi connectivity index (χ0v) is 14.7. The molecule has 0 aliphatic carbocycles. The van der Waals surface area contributed by atoms with Crippen molar-refractivity contribution in [2.24, 2.45) is 0 Å². The Kier molecular flexibility index (Phi) is 4.55. The summed E-state index contributed by atoms with van der Waals surface area (Å²) >= 11 is 2.36. The number of imide groups is 1. The predicted molar refractivity (Wildman–Crippen MR) is 86.6 cm³/mol. The van der Waals surface area contributed by atoms with Gasteiger partial charge in [-0.1, -0.05) is 0 Å². The van der Waals surface area contributed by atoms with Crippen LogP contribution in [0.1, 0.15) is 22.8 Å². The Morgan fingerprint density at radius 1 is 1.28 bits per heavy atom. The molecule has 0 saturated heterocycles. The summed E-state index contributed by atoms with van der Waals surface area (Å²) in [5.74, 6) is -0.597. The van der Waals surface area contributed by atoms with Gasteiger partial charge in [0.25, 0.3) is 0 Å². The summed E-state index contributed by atoms with van der Waals surface area (Å²) in [6.07, 6.45) is -0.817. The predicted octanol–water partition coefficient (Wildman–Crippen LogP) is 2.25. The van der Waals surface area contributed by atoms with Gasteiger partial charge in [-0.25, -0.2) is 0 Å². The van der Waals surface area contributed by atoms with E-state index >= 15 is 0 Å². The Morgan fingerprint density at radius 3 is 2.56 bits per heavy atom. The number of benzene rings is 2. The molecular weight excluding hydrogens is 413 g/mol. The Bertz CT molecular complexity index is 894. The zero-order valence-electron chi connectivity index (χ0n) is 13.0. The summed E-state index contributed by atoms with van der Waals surface area (Å²) in [6, 6.07) is 10.3.